The van der Waals surface area contributed by atoms with E-state index >= 15 is 0 Å². The molecule has 3 aromatic rings. The number of nitrogens with two attached hydrogens (primary N) is 1. The van der Waals surface area contributed by atoms with Crippen LogP contribution in [-0.4, -0.2) is 86.4 Å². The average molecular weight is 531 g/mol. The molecular weight excluding hydrogens is 501 g/mol. The Morgan fingerprint density at radius 3 is 2.37 bits per heavy atom. The highest BCUT2D eigenvalue weighted by atomic mass is 19.4. The molecule has 38 heavy (non-hydrogen) atoms. The van der Waals surface area contributed by atoms with Crippen molar-refractivity contribution in [3.63, 3.8) is 0 Å². The van der Waals surface area contributed by atoms with Gasteiger partial charge in [0.2, 0.25) is 11.9 Å². The first kappa shape index (κ1) is 25.9. The van der Waals surface area contributed by atoms with E-state index in [4.69, 9.17) is 5.73 Å². The van der Waals surface area contributed by atoms with Gasteiger partial charge in [0.15, 0.2) is 0 Å². The number of aromatic nitrogens is 4. The molecule has 10 nitrogen and oxygen atoms in total. The monoisotopic (exact) mass is 530 g/mol. The van der Waals surface area contributed by atoms with Crippen LogP contribution in [0.15, 0.2) is 36.8 Å². The van der Waals surface area contributed by atoms with Crippen LogP contribution in [0.1, 0.15) is 35.3 Å². The molecule has 2 aliphatic heterocycles. The van der Waals surface area contributed by atoms with Gasteiger partial charge in [0.05, 0.1) is 11.6 Å². The number of piperidine rings is 1. The summed E-state index contributed by atoms with van der Waals surface area (Å²) >= 11 is 0. The van der Waals surface area contributed by atoms with Crippen LogP contribution in [0.3, 0.4) is 0 Å². The van der Waals surface area contributed by atoms with Gasteiger partial charge in [-0.1, -0.05) is 0 Å². The number of carbonyl (C=O) groups is 2. The Hall–Kier alpha value is -3.74. The van der Waals surface area contributed by atoms with Crippen molar-refractivity contribution >= 4 is 28.8 Å². The quantitative estimate of drug-likeness (QED) is 0.498. The molecule has 2 amide bonds. The summed E-state index contributed by atoms with van der Waals surface area (Å²) in [7, 11) is 1.82. The molecule has 0 aromatic carbocycles. The molecule has 202 valence electrons. The van der Waals surface area contributed by atoms with E-state index in [0.29, 0.717) is 44.7 Å². The number of fused-ring (bicyclic) bond motifs is 1. The normalized spacial score (nSPS) is 18.9. The Bertz CT molecular complexity index is 1320. The third-order valence-electron chi connectivity index (χ3n) is 7.52. The van der Waals surface area contributed by atoms with Gasteiger partial charge in [0, 0.05) is 69.8 Å². The number of amides is 2. The van der Waals surface area contributed by atoms with Crippen molar-refractivity contribution < 1.29 is 22.8 Å². The number of likely N-dealkylation sites (N-methyl/N-ethyl adjacent to an activating group) is 1. The van der Waals surface area contributed by atoms with Gasteiger partial charge in [-0.2, -0.15) is 13.2 Å². The molecule has 5 heterocycles. The lowest BCUT2D eigenvalue weighted by molar-refractivity contribution is -0.143. The topological polar surface area (TPSA) is 113 Å². The Kier molecular flexibility index (Phi) is 6.95. The van der Waals surface area contributed by atoms with Crippen LogP contribution in [0.25, 0.3) is 11.0 Å². The SMILES string of the molecule is CN(C(=O)C1CCN1CCn1ccc2ccc(C(N)=O)nc21)C1CCN(c2ncc(C(F)(F)F)cn2)CC1. The fourth-order valence-electron chi connectivity index (χ4n) is 5.10. The van der Waals surface area contributed by atoms with Crippen LogP contribution in [0.4, 0.5) is 19.1 Å². The largest absolute Gasteiger partial charge is 0.419 e. The number of primary amides is 1. The lowest BCUT2D eigenvalue weighted by Crippen LogP contribution is -2.59. The lowest BCUT2D eigenvalue weighted by atomic mass is 9.98. The van der Waals surface area contributed by atoms with Crippen LogP contribution in [-0.2, 0) is 17.5 Å². The molecular formula is C25H29F3N8O2. The maximum Gasteiger partial charge on any atom is 0.419 e. The van der Waals surface area contributed by atoms with E-state index in [1.165, 1.54) is 0 Å². The van der Waals surface area contributed by atoms with Crippen LogP contribution in [0, 0.1) is 0 Å². The van der Waals surface area contributed by atoms with Gasteiger partial charge in [-0.15, -0.1) is 0 Å². The Balaban J connectivity index is 1.14. The van der Waals surface area contributed by atoms with E-state index in [2.05, 4.69) is 19.9 Å². The van der Waals surface area contributed by atoms with Crippen molar-refractivity contribution in [3.05, 3.63) is 48.0 Å². The number of pyridine rings is 1. The molecule has 0 spiro atoms. The minimum absolute atomic E-state index is 0.0421. The summed E-state index contributed by atoms with van der Waals surface area (Å²) in [6.07, 6.45) is 1.21. The van der Waals surface area contributed by atoms with Gasteiger partial charge >= 0.3 is 6.18 Å². The third-order valence-corrected chi connectivity index (χ3v) is 7.52. The zero-order valence-electron chi connectivity index (χ0n) is 20.9. The molecule has 3 aromatic heterocycles. The second kappa shape index (κ2) is 10.2. The highest BCUT2D eigenvalue weighted by Crippen LogP contribution is 2.29. The predicted octanol–water partition coefficient (Wildman–Crippen LogP) is 2.15. The molecule has 2 aliphatic rings. The number of nitrogens with zero attached hydrogens (tertiary/aromatic N) is 7. The van der Waals surface area contributed by atoms with Crippen LogP contribution in [0.5, 0.6) is 0 Å². The molecule has 0 aliphatic carbocycles. The summed E-state index contributed by atoms with van der Waals surface area (Å²) in [6.45, 7) is 3.23. The number of hydrogen-bond acceptors (Lipinski definition) is 7. The molecule has 0 radical (unpaired) electrons. The summed E-state index contributed by atoms with van der Waals surface area (Å²) in [5, 5.41) is 0.916. The Labute approximate surface area is 217 Å². The molecule has 5 rings (SSSR count). The molecule has 0 bridgehead atoms. The maximum atomic E-state index is 13.3. The second-order valence-corrected chi connectivity index (χ2v) is 9.76. The summed E-state index contributed by atoms with van der Waals surface area (Å²) in [4.78, 5) is 42.7. The average Bonchev–Trinajstić information content (AvgIpc) is 3.29. The van der Waals surface area contributed by atoms with E-state index in [9.17, 15) is 22.8 Å². The predicted molar refractivity (Wildman–Crippen MR) is 133 cm³/mol. The van der Waals surface area contributed by atoms with Gasteiger partial charge in [0.1, 0.15) is 11.3 Å². The van der Waals surface area contributed by atoms with E-state index in [1.54, 1.807) is 6.07 Å². The smallest absolute Gasteiger partial charge is 0.364 e. The number of likely N-dealkylation sites (tertiary alicyclic amines) is 1. The first-order valence-corrected chi connectivity index (χ1v) is 12.5. The summed E-state index contributed by atoms with van der Waals surface area (Å²) in [5.41, 5.74) is 5.40. The highest BCUT2D eigenvalue weighted by molar-refractivity contribution is 5.93. The Morgan fingerprint density at radius 2 is 1.76 bits per heavy atom. The van der Waals surface area contributed by atoms with Gasteiger partial charge in [0.25, 0.3) is 5.91 Å². The van der Waals surface area contributed by atoms with Crippen molar-refractivity contribution in [3.8, 4) is 0 Å². The molecule has 2 saturated heterocycles. The summed E-state index contributed by atoms with van der Waals surface area (Å²) < 4.78 is 40.3. The van der Waals surface area contributed by atoms with E-state index in [1.807, 2.05) is 39.7 Å². The fraction of sp³-hybridized carbons (Fsp3) is 0.480. The summed E-state index contributed by atoms with van der Waals surface area (Å²) in [6, 6.07) is 5.21. The van der Waals surface area contributed by atoms with Gasteiger partial charge in [-0.25, -0.2) is 15.0 Å². The van der Waals surface area contributed by atoms with Crippen molar-refractivity contribution in [2.75, 3.05) is 38.1 Å². The first-order valence-electron chi connectivity index (χ1n) is 12.5. The number of rotatable bonds is 7. The number of carbonyl (C=O) groups excluding carboxylic acids is 2. The van der Waals surface area contributed by atoms with Gasteiger partial charge in [-0.3, -0.25) is 14.5 Å². The van der Waals surface area contributed by atoms with Crippen LogP contribution >= 0.6 is 0 Å². The maximum absolute atomic E-state index is 13.3. The van der Waals surface area contributed by atoms with Crippen LogP contribution in [0.2, 0.25) is 0 Å². The van der Waals surface area contributed by atoms with Crippen LogP contribution < -0.4 is 10.6 Å². The minimum atomic E-state index is -4.47. The van der Waals surface area contributed by atoms with Gasteiger partial charge in [-0.05, 0) is 37.5 Å². The van der Waals surface area contributed by atoms with E-state index in [0.717, 1.165) is 30.7 Å². The molecule has 2 fully saturated rings. The third kappa shape index (κ3) is 5.15. The second-order valence-electron chi connectivity index (χ2n) is 9.76. The Morgan fingerprint density at radius 1 is 1.05 bits per heavy atom. The molecule has 1 atom stereocenters. The lowest BCUT2D eigenvalue weighted by Gasteiger charge is -2.44. The van der Waals surface area contributed by atoms with Gasteiger partial charge < -0.3 is 20.1 Å². The molecule has 2 N–H and O–H groups in total. The highest BCUT2D eigenvalue weighted by Gasteiger charge is 2.38. The van der Waals surface area contributed by atoms with E-state index in [-0.39, 0.29) is 29.6 Å². The number of alkyl halides is 3. The van der Waals surface area contributed by atoms with E-state index < -0.39 is 17.6 Å². The zero-order chi connectivity index (χ0) is 27.0. The number of halogens is 3. The minimum Gasteiger partial charge on any atom is -0.364 e. The van der Waals surface area contributed by atoms with Crippen molar-refractivity contribution in [1.82, 2.24) is 29.3 Å². The zero-order valence-corrected chi connectivity index (χ0v) is 20.9. The summed E-state index contributed by atoms with van der Waals surface area (Å²) in [5.74, 6) is -0.230. The standard InChI is InChI=1S/C25H29F3N8O2/c1-33(18-5-9-36(10-6-18)24-30-14-17(15-31-24)25(26,27)28)23(38)20-7-11-34(20)12-13-35-8-4-16-2-3-19(21(29)37)32-22(16)35/h2-4,8,14-15,18,20H,5-7,9-13H2,1H3,(H2,29,37). The molecule has 1 unspecified atom stereocenters. The van der Waals surface area contributed by atoms with Crippen molar-refractivity contribution in [1.29, 1.82) is 0 Å². The van der Waals surface area contributed by atoms with Crippen molar-refractivity contribution in [2.24, 2.45) is 5.73 Å². The number of hydrogen-bond donors (Lipinski definition) is 1. The number of anilines is 1. The fourth-order valence-corrected chi connectivity index (χ4v) is 5.10. The molecule has 0 saturated carbocycles. The van der Waals surface area contributed by atoms with Crippen molar-refractivity contribution in [2.45, 2.75) is 44.1 Å². The molecule has 13 heteroatoms. The first-order chi connectivity index (χ1) is 18.1.